The lowest BCUT2D eigenvalue weighted by Crippen LogP contribution is -2.29. The van der Waals surface area contributed by atoms with E-state index in [1.54, 1.807) is 0 Å². The summed E-state index contributed by atoms with van der Waals surface area (Å²) in [5.74, 6) is 0.201. The molecule has 0 aliphatic heterocycles. The number of benzene rings is 1. The molecule has 0 spiro atoms. The van der Waals surface area contributed by atoms with Crippen LogP contribution in [0.15, 0.2) is 30.3 Å². The SMILES string of the molecule is CC(C)C(O)CCNC(=O)OCc1ccccc1. The molecule has 1 amide bonds. The molecule has 0 bridgehead atoms. The van der Waals surface area contributed by atoms with Gasteiger partial charge in [-0.2, -0.15) is 0 Å². The first-order chi connectivity index (χ1) is 8.59. The molecule has 0 radical (unpaired) electrons. The number of aliphatic hydroxyl groups excluding tert-OH is 1. The third-order valence-corrected chi connectivity index (χ3v) is 2.69. The van der Waals surface area contributed by atoms with Gasteiger partial charge in [0.2, 0.25) is 0 Å². The molecule has 0 saturated heterocycles. The van der Waals surface area contributed by atoms with E-state index in [1.165, 1.54) is 0 Å². The Morgan fingerprint density at radius 2 is 2.00 bits per heavy atom. The van der Waals surface area contributed by atoms with Gasteiger partial charge in [-0.05, 0) is 17.9 Å². The van der Waals surface area contributed by atoms with Crippen molar-refractivity contribution in [2.24, 2.45) is 5.92 Å². The Morgan fingerprint density at radius 1 is 1.33 bits per heavy atom. The third-order valence-electron chi connectivity index (χ3n) is 2.69. The summed E-state index contributed by atoms with van der Waals surface area (Å²) in [5.41, 5.74) is 0.954. The monoisotopic (exact) mass is 251 g/mol. The number of ether oxygens (including phenoxy) is 1. The Hall–Kier alpha value is -1.55. The van der Waals surface area contributed by atoms with E-state index in [9.17, 15) is 9.90 Å². The molecule has 100 valence electrons. The van der Waals surface area contributed by atoms with Crippen molar-refractivity contribution >= 4 is 6.09 Å². The van der Waals surface area contributed by atoms with Crippen molar-refractivity contribution in [3.63, 3.8) is 0 Å². The van der Waals surface area contributed by atoms with Crippen molar-refractivity contribution in [2.75, 3.05) is 6.54 Å². The maximum absolute atomic E-state index is 11.4. The average Bonchev–Trinajstić information content (AvgIpc) is 2.37. The lowest BCUT2D eigenvalue weighted by molar-refractivity contribution is 0.111. The van der Waals surface area contributed by atoms with Crippen LogP contribution in [0.1, 0.15) is 25.8 Å². The maximum atomic E-state index is 11.4. The van der Waals surface area contributed by atoms with Crippen LogP contribution in [0.5, 0.6) is 0 Å². The summed E-state index contributed by atoms with van der Waals surface area (Å²) >= 11 is 0. The predicted molar refractivity (Wildman–Crippen MR) is 70.1 cm³/mol. The number of carbonyl (C=O) groups excluding carboxylic acids is 1. The highest BCUT2D eigenvalue weighted by atomic mass is 16.5. The second-order valence-corrected chi connectivity index (χ2v) is 4.59. The fourth-order valence-electron chi connectivity index (χ4n) is 1.43. The largest absolute Gasteiger partial charge is 0.445 e. The fourth-order valence-corrected chi connectivity index (χ4v) is 1.43. The van der Waals surface area contributed by atoms with Crippen molar-refractivity contribution in [3.8, 4) is 0 Å². The van der Waals surface area contributed by atoms with Gasteiger partial charge in [0, 0.05) is 6.54 Å². The van der Waals surface area contributed by atoms with E-state index in [4.69, 9.17) is 4.74 Å². The first-order valence-electron chi connectivity index (χ1n) is 6.22. The van der Waals surface area contributed by atoms with Gasteiger partial charge in [0.15, 0.2) is 0 Å². The van der Waals surface area contributed by atoms with Crippen LogP contribution in [-0.4, -0.2) is 23.8 Å². The highest BCUT2D eigenvalue weighted by Gasteiger charge is 2.09. The summed E-state index contributed by atoms with van der Waals surface area (Å²) in [6.07, 6.45) is -0.299. The maximum Gasteiger partial charge on any atom is 0.407 e. The van der Waals surface area contributed by atoms with Crippen molar-refractivity contribution in [3.05, 3.63) is 35.9 Å². The molecule has 4 heteroatoms. The van der Waals surface area contributed by atoms with Crippen LogP contribution < -0.4 is 5.32 Å². The zero-order chi connectivity index (χ0) is 13.4. The van der Waals surface area contributed by atoms with E-state index >= 15 is 0 Å². The molecule has 0 fully saturated rings. The summed E-state index contributed by atoms with van der Waals surface area (Å²) < 4.78 is 5.04. The summed E-state index contributed by atoms with van der Waals surface area (Å²) in [5, 5.41) is 12.2. The average molecular weight is 251 g/mol. The number of hydrogen-bond acceptors (Lipinski definition) is 3. The second-order valence-electron chi connectivity index (χ2n) is 4.59. The van der Waals surface area contributed by atoms with Crippen molar-refractivity contribution < 1.29 is 14.6 Å². The van der Waals surface area contributed by atoms with Gasteiger partial charge in [-0.3, -0.25) is 0 Å². The number of carbonyl (C=O) groups is 1. The van der Waals surface area contributed by atoms with Crippen molar-refractivity contribution in [1.29, 1.82) is 0 Å². The third kappa shape index (κ3) is 5.68. The summed E-state index contributed by atoms with van der Waals surface area (Å²) in [4.78, 5) is 11.4. The minimum Gasteiger partial charge on any atom is -0.445 e. The molecule has 1 aromatic carbocycles. The van der Waals surface area contributed by atoms with Gasteiger partial charge in [0.05, 0.1) is 6.10 Å². The van der Waals surface area contributed by atoms with Gasteiger partial charge >= 0.3 is 6.09 Å². The van der Waals surface area contributed by atoms with E-state index in [1.807, 2.05) is 44.2 Å². The second kappa shape index (κ2) is 7.71. The van der Waals surface area contributed by atoms with Crippen LogP contribution >= 0.6 is 0 Å². The van der Waals surface area contributed by atoms with Crippen molar-refractivity contribution in [1.82, 2.24) is 5.32 Å². The van der Waals surface area contributed by atoms with Crippen LogP contribution in [0, 0.1) is 5.92 Å². The Labute approximate surface area is 108 Å². The quantitative estimate of drug-likeness (QED) is 0.815. The van der Waals surface area contributed by atoms with Crippen LogP contribution in [0.25, 0.3) is 0 Å². The lowest BCUT2D eigenvalue weighted by Gasteiger charge is -2.14. The minimum atomic E-state index is -0.449. The molecule has 18 heavy (non-hydrogen) atoms. The van der Waals surface area contributed by atoms with Gasteiger partial charge in [-0.25, -0.2) is 4.79 Å². The molecule has 0 saturated carbocycles. The fraction of sp³-hybridized carbons (Fsp3) is 0.500. The molecule has 1 rings (SSSR count). The highest BCUT2D eigenvalue weighted by Crippen LogP contribution is 2.04. The van der Waals surface area contributed by atoms with Crippen LogP contribution in [0.4, 0.5) is 4.79 Å². The zero-order valence-corrected chi connectivity index (χ0v) is 10.9. The van der Waals surface area contributed by atoms with Gasteiger partial charge in [-0.15, -0.1) is 0 Å². The number of amides is 1. The van der Waals surface area contributed by atoms with Crippen molar-refractivity contribution in [2.45, 2.75) is 33.0 Å². The number of nitrogens with one attached hydrogen (secondary N) is 1. The molecular weight excluding hydrogens is 230 g/mol. The van der Waals surface area contributed by atoms with E-state index in [0.717, 1.165) is 5.56 Å². The Kier molecular flexibility index (Phi) is 6.22. The minimum absolute atomic E-state index is 0.201. The molecule has 1 atom stereocenters. The molecule has 0 aliphatic carbocycles. The number of rotatable bonds is 6. The summed E-state index contributed by atoms with van der Waals surface area (Å²) in [6, 6.07) is 9.51. The molecule has 1 aromatic rings. The van der Waals surface area contributed by atoms with E-state index < -0.39 is 6.09 Å². The van der Waals surface area contributed by atoms with E-state index in [2.05, 4.69) is 5.32 Å². The van der Waals surface area contributed by atoms with Gasteiger partial charge in [0.25, 0.3) is 0 Å². The summed E-state index contributed by atoms with van der Waals surface area (Å²) in [6.45, 7) is 4.57. The van der Waals surface area contributed by atoms with Gasteiger partial charge < -0.3 is 15.2 Å². The zero-order valence-electron chi connectivity index (χ0n) is 10.9. The number of hydrogen-bond donors (Lipinski definition) is 2. The topological polar surface area (TPSA) is 58.6 Å². The number of alkyl carbamates (subject to hydrolysis) is 1. The van der Waals surface area contributed by atoms with Crippen LogP contribution in [-0.2, 0) is 11.3 Å². The molecule has 0 aliphatic rings. The smallest absolute Gasteiger partial charge is 0.407 e. The molecule has 0 heterocycles. The Balaban J connectivity index is 2.15. The standard InChI is InChI=1S/C14H21NO3/c1-11(2)13(16)8-9-15-14(17)18-10-12-6-4-3-5-7-12/h3-7,11,13,16H,8-10H2,1-2H3,(H,15,17). The van der Waals surface area contributed by atoms with E-state index in [-0.39, 0.29) is 18.6 Å². The predicted octanol–water partition coefficient (Wildman–Crippen LogP) is 2.32. The lowest BCUT2D eigenvalue weighted by atomic mass is 10.0. The normalized spacial score (nSPS) is 12.2. The van der Waals surface area contributed by atoms with Crippen LogP contribution in [0.3, 0.4) is 0 Å². The Bertz CT molecular complexity index is 351. The highest BCUT2D eigenvalue weighted by molar-refractivity contribution is 5.67. The van der Waals surface area contributed by atoms with E-state index in [0.29, 0.717) is 13.0 Å². The first-order valence-corrected chi connectivity index (χ1v) is 6.22. The Morgan fingerprint density at radius 3 is 2.61 bits per heavy atom. The molecule has 1 unspecified atom stereocenters. The van der Waals surface area contributed by atoms with Crippen LogP contribution in [0.2, 0.25) is 0 Å². The van der Waals surface area contributed by atoms with Gasteiger partial charge in [-0.1, -0.05) is 44.2 Å². The molecular formula is C14H21NO3. The first kappa shape index (κ1) is 14.5. The summed E-state index contributed by atoms with van der Waals surface area (Å²) in [7, 11) is 0. The van der Waals surface area contributed by atoms with Gasteiger partial charge in [0.1, 0.15) is 6.61 Å². The number of aliphatic hydroxyl groups is 1. The molecule has 0 aromatic heterocycles. The molecule has 4 nitrogen and oxygen atoms in total. The molecule has 2 N–H and O–H groups in total.